The van der Waals surface area contributed by atoms with Crippen molar-refractivity contribution in [1.82, 2.24) is 0 Å². The van der Waals surface area contributed by atoms with Crippen LogP contribution < -0.4 is 9.47 Å². The van der Waals surface area contributed by atoms with E-state index in [2.05, 4.69) is 13.2 Å². The molecule has 2 aliphatic heterocycles. The van der Waals surface area contributed by atoms with Gasteiger partial charge in [0.15, 0.2) is 0 Å². The molecule has 0 spiro atoms. The number of hydrogen-bond acceptors (Lipinski definition) is 13. The molecular formula is C32H38O6S7. The first-order valence-corrected chi connectivity index (χ1v) is 21.7. The molecule has 244 valence electrons. The fraction of sp³-hybridized carbons (Fsp3) is 0.438. The molecule has 0 saturated carbocycles. The van der Waals surface area contributed by atoms with Crippen molar-refractivity contribution >= 4 is 94.3 Å². The molecule has 2 atom stereocenters. The summed E-state index contributed by atoms with van der Waals surface area (Å²) in [6, 6.07) is 15.8. The van der Waals surface area contributed by atoms with Crippen LogP contribution in [0.1, 0.15) is 0 Å². The first-order valence-electron chi connectivity index (χ1n) is 14.4. The number of ether oxygens (including phenoxy) is 4. The summed E-state index contributed by atoms with van der Waals surface area (Å²) in [5.74, 6) is 8.83. The van der Waals surface area contributed by atoms with Crippen LogP contribution in [0.15, 0.2) is 83.6 Å². The van der Waals surface area contributed by atoms with Gasteiger partial charge in [0.2, 0.25) is 0 Å². The Morgan fingerprint density at radius 2 is 1.07 bits per heavy atom. The number of carbonyl (C=O) groups excluding carboxylic acids is 2. The van der Waals surface area contributed by atoms with Gasteiger partial charge in [-0.2, -0.15) is 23.5 Å². The highest BCUT2D eigenvalue weighted by atomic mass is 32.2. The number of thioether (sulfide) groups is 6. The SMILES string of the molecule is C=CC(=O)OC(COc1ccc(Sc2ccc(OCC(CSCC3SCCS3)OC(=O)C=C)cc2)cc1)CSCC1SCCS1. The smallest absolute Gasteiger partial charge is 0.330 e. The predicted octanol–water partition coefficient (Wildman–Crippen LogP) is 7.87. The first-order chi connectivity index (χ1) is 22.0. The molecule has 0 aromatic heterocycles. The van der Waals surface area contributed by atoms with Crippen molar-refractivity contribution in [2.75, 3.05) is 59.2 Å². The minimum Gasteiger partial charge on any atom is -0.490 e. The third kappa shape index (κ3) is 14.3. The van der Waals surface area contributed by atoms with Gasteiger partial charge in [-0.1, -0.05) is 24.9 Å². The van der Waals surface area contributed by atoms with E-state index in [0.29, 0.717) is 20.7 Å². The number of esters is 2. The number of carbonyl (C=O) groups is 2. The van der Waals surface area contributed by atoms with Gasteiger partial charge in [-0.3, -0.25) is 0 Å². The number of benzene rings is 2. The summed E-state index contributed by atoms with van der Waals surface area (Å²) in [5, 5.41) is 0. The zero-order valence-electron chi connectivity index (χ0n) is 24.9. The zero-order valence-corrected chi connectivity index (χ0v) is 30.6. The molecule has 2 aliphatic rings. The van der Waals surface area contributed by atoms with Crippen LogP contribution in [0.4, 0.5) is 0 Å². The predicted molar refractivity (Wildman–Crippen MR) is 200 cm³/mol. The Kier molecular flexibility index (Phi) is 17.1. The fourth-order valence-corrected chi connectivity index (χ4v) is 13.5. The Bertz CT molecular complexity index is 1110. The van der Waals surface area contributed by atoms with Gasteiger partial charge >= 0.3 is 11.9 Å². The van der Waals surface area contributed by atoms with Gasteiger partial charge in [0.05, 0.1) is 9.16 Å². The van der Waals surface area contributed by atoms with Gasteiger partial charge in [0.25, 0.3) is 0 Å². The molecule has 0 amide bonds. The Hall–Kier alpha value is -1.09. The Morgan fingerprint density at radius 1 is 0.689 bits per heavy atom. The molecule has 0 aliphatic carbocycles. The summed E-state index contributed by atoms with van der Waals surface area (Å²) in [6.45, 7) is 7.60. The molecule has 2 saturated heterocycles. The molecule has 13 heteroatoms. The molecule has 6 nitrogen and oxygen atoms in total. The summed E-state index contributed by atoms with van der Waals surface area (Å²) >= 11 is 13.2. The maximum absolute atomic E-state index is 11.8. The Morgan fingerprint density at radius 3 is 1.42 bits per heavy atom. The lowest BCUT2D eigenvalue weighted by Gasteiger charge is -2.18. The second-order valence-corrected chi connectivity index (χ2v) is 18.7. The topological polar surface area (TPSA) is 71.1 Å². The van der Waals surface area contributed by atoms with E-state index >= 15 is 0 Å². The maximum Gasteiger partial charge on any atom is 0.330 e. The van der Waals surface area contributed by atoms with Gasteiger partial charge in [-0.05, 0) is 48.5 Å². The molecule has 2 aromatic carbocycles. The van der Waals surface area contributed by atoms with E-state index in [1.54, 1.807) is 35.3 Å². The van der Waals surface area contributed by atoms with Crippen LogP contribution in [-0.4, -0.2) is 92.5 Å². The molecule has 2 fully saturated rings. The van der Waals surface area contributed by atoms with Crippen LogP contribution in [0.25, 0.3) is 0 Å². The standard InChI is InChI=1S/C32H38O6S7/c1-3-29(33)37-25(19-39-21-31-41-13-14-42-31)17-35-23-5-9-27(10-6-23)45-28-11-7-24(8-12-28)36-18-26(38-30(34)4-2)20-40-22-32-43-15-16-44-32/h3-12,25-26,31-32H,1-2,13-22H2. The minimum atomic E-state index is -0.431. The lowest BCUT2D eigenvalue weighted by molar-refractivity contribution is -0.144. The molecular weight excluding hydrogens is 705 g/mol. The van der Waals surface area contributed by atoms with Gasteiger partial charge in [-0.15, -0.1) is 47.0 Å². The van der Waals surface area contributed by atoms with Gasteiger partial charge in [-0.25, -0.2) is 9.59 Å². The molecule has 0 radical (unpaired) electrons. The van der Waals surface area contributed by atoms with Crippen LogP contribution in [0.2, 0.25) is 0 Å². The molecule has 45 heavy (non-hydrogen) atoms. The summed E-state index contributed by atoms with van der Waals surface area (Å²) in [6.07, 6.45) is 1.70. The van der Waals surface area contributed by atoms with Gasteiger partial charge in [0.1, 0.15) is 36.9 Å². The Balaban J connectivity index is 1.20. The van der Waals surface area contributed by atoms with E-state index in [4.69, 9.17) is 18.9 Å². The Labute approximate surface area is 296 Å². The summed E-state index contributed by atoms with van der Waals surface area (Å²) in [7, 11) is 0. The largest absolute Gasteiger partial charge is 0.490 e. The van der Waals surface area contributed by atoms with Crippen molar-refractivity contribution in [1.29, 1.82) is 0 Å². The summed E-state index contributed by atoms with van der Waals surface area (Å²) < 4.78 is 24.2. The van der Waals surface area contributed by atoms with E-state index in [1.165, 1.54) is 35.2 Å². The van der Waals surface area contributed by atoms with E-state index in [-0.39, 0.29) is 25.4 Å². The van der Waals surface area contributed by atoms with E-state index in [0.717, 1.165) is 32.8 Å². The monoisotopic (exact) mass is 742 g/mol. The lowest BCUT2D eigenvalue weighted by atomic mass is 10.3. The summed E-state index contributed by atoms with van der Waals surface area (Å²) in [4.78, 5) is 25.8. The van der Waals surface area contributed by atoms with Crippen molar-refractivity contribution in [3.05, 3.63) is 73.8 Å². The van der Waals surface area contributed by atoms with E-state index in [1.807, 2.05) is 95.6 Å². The molecule has 2 aromatic rings. The van der Waals surface area contributed by atoms with E-state index in [9.17, 15) is 9.59 Å². The van der Waals surface area contributed by atoms with Crippen molar-refractivity contribution in [2.45, 2.75) is 31.2 Å². The fourth-order valence-electron chi connectivity index (χ4n) is 3.98. The summed E-state index contributed by atoms with van der Waals surface area (Å²) in [5.41, 5.74) is 0. The van der Waals surface area contributed by atoms with Crippen molar-refractivity contribution in [2.24, 2.45) is 0 Å². The quantitative estimate of drug-likeness (QED) is 0.0978. The minimum absolute atomic E-state index is 0.288. The molecule has 0 bridgehead atoms. The second kappa shape index (κ2) is 21.0. The maximum atomic E-state index is 11.8. The van der Waals surface area contributed by atoms with Crippen LogP contribution in [0.3, 0.4) is 0 Å². The molecule has 4 rings (SSSR count). The molecule has 2 heterocycles. The highest BCUT2D eigenvalue weighted by Crippen LogP contribution is 2.35. The second-order valence-electron chi connectivity index (χ2n) is 9.61. The van der Waals surface area contributed by atoms with E-state index < -0.39 is 11.9 Å². The third-order valence-corrected chi connectivity index (χ3v) is 16.4. The molecule has 2 unspecified atom stereocenters. The van der Waals surface area contributed by atoms with Gasteiger partial charge < -0.3 is 18.9 Å². The van der Waals surface area contributed by atoms with Crippen LogP contribution in [0.5, 0.6) is 11.5 Å². The third-order valence-electron chi connectivity index (χ3n) is 6.15. The van der Waals surface area contributed by atoms with Crippen molar-refractivity contribution in [3.8, 4) is 11.5 Å². The highest BCUT2D eigenvalue weighted by molar-refractivity contribution is 8.21. The number of hydrogen-bond donors (Lipinski definition) is 0. The average Bonchev–Trinajstić information content (AvgIpc) is 3.78. The van der Waals surface area contributed by atoms with Gasteiger partial charge in [0, 0.05) is 68.0 Å². The van der Waals surface area contributed by atoms with Crippen LogP contribution in [0, 0.1) is 0 Å². The average molecular weight is 743 g/mol. The zero-order chi connectivity index (χ0) is 31.7. The first kappa shape index (κ1) is 36.7. The normalized spacial score (nSPS) is 16.5. The van der Waals surface area contributed by atoms with Crippen molar-refractivity contribution in [3.63, 3.8) is 0 Å². The number of rotatable bonds is 20. The van der Waals surface area contributed by atoms with Crippen LogP contribution >= 0.6 is 82.3 Å². The van der Waals surface area contributed by atoms with Crippen LogP contribution in [-0.2, 0) is 19.1 Å². The highest BCUT2D eigenvalue weighted by Gasteiger charge is 2.21. The lowest BCUT2D eigenvalue weighted by Crippen LogP contribution is -2.27. The van der Waals surface area contributed by atoms with Crippen molar-refractivity contribution < 1.29 is 28.5 Å². The molecule has 0 N–H and O–H groups in total.